The van der Waals surface area contributed by atoms with Crippen LogP contribution in [0.25, 0.3) is 0 Å². The van der Waals surface area contributed by atoms with Crippen LogP contribution in [-0.2, 0) is 21.8 Å². The van der Waals surface area contributed by atoms with Crippen LogP contribution in [0.5, 0.6) is 0 Å². The van der Waals surface area contributed by atoms with Crippen molar-refractivity contribution in [2.45, 2.75) is 17.0 Å². The van der Waals surface area contributed by atoms with Crippen molar-refractivity contribution in [1.82, 2.24) is 0 Å². The zero-order chi connectivity index (χ0) is 9.80. The quantitative estimate of drug-likeness (QED) is 0.554. The van der Waals surface area contributed by atoms with E-state index in [2.05, 4.69) is 49.1 Å². The minimum absolute atomic E-state index is 0. The van der Waals surface area contributed by atoms with Crippen molar-refractivity contribution in [2.75, 3.05) is 0 Å². The van der Waals surface area contributed by atoms with Gasteiger partial charge in [-0.15, -0.1) is 34.0 Å². The molecule has 0 unspecified atom stereocenters. The van der Waals surface area contributed by atoms with Gasteiger partial charge in [-0.05, 0) is 0 Å². The Bertz CT molecular complexity index is 321. The van der Waals surface area contributed by atoms with Gasteiger partial charge in [0, 0.05) is 0 Å². The molecule has 2 aliphatic carbocycles. The average molecular weight is 424 g/mol. The first kappa shape index (κ1) is 16.5. The molecule has 0 aromatic carbocycles. The summed E-state index contributed by atoms with van der Waals surface area (Å²) in [5, 5.41) is 0. The molecule has 0 amide bonds. The maximum atomic E-state index is 3.90. The van der Waals surface area contributed by atoms with Crippen molar-refractivity contribution in [1.29, 1.82) is 0 Å². The van der Waals surface area contributed by atoms with Crippen LogP contribution in [0, 0.1) is 0 Å². The molecule has 0 spiro atoms. The number of hydrogen-bond acceptors (Lipinski definition) is 0. The fraction of sp³-hybridized carbons (Fsp3) is 0.231. The molecule has 0 aromatic rings. The van der Waals surface area contributed by atoms with Crippen LogP contribution in [0.2, 0.25) is 4.13 Å². The standard InChI is InChI=1S/2C5H5.C3H5.2BrH.Zr/c2*1-2-4-5-3-1;1-3-2;;;/h2*1-3H,4H2;3H,1-2H2;2*1H;. The second kappa shape index (κ2) is 8.61. The summed E-state index contributed by atoms with van der Waals surface area (Å²) in [6.45, 7) is 3.90. The van der Waals surface area contributed by atoms with E-state index in [4.69, 9.17) is 0 Å². The van der Waals surface area contributed by atoms with E-state index in [-0.39, 0.29) is 34.0 Å². The summed E-state index contributed by atoms with van der Waals surface area (Å²) in [6, 6.07) is 0. The Morgan fingerprint density at radius 3 is 1.88 bits per heavy atom. The second-order valence-corrected chi connectivity index (χ2v) is 10.1. The normalized spacial score (nSPS) is 16.0. The topological polar surface area (TPSA) is 0 Å². The van der Waals surface area contributed by atoms with Gasteiger partial charge in [-0.2, -0.15) is 0 Å². The molecule has 2 rings (SSSR count). The molecule has 0 aromatic heterocycles. The molecule has 2 aliphatic rings. The summed E-state index contributed by atoms with van der Waals surface area (Å²) in [5.74, 6) is 0. The number of halogens is 2. The third kappa shape index (κ3) is 4.09. The Balaban J connectivity index is 0.00000112. The molecule has 0 aliphatic heterocycles. The second-order valence-electron chi connectivity index (χ2n) is 3.62. The molecule has 16 heavy (non-hydrogen) atoms. The molecule has 3 heteroatoms. The van der Waals surface area contributed by atoms with Crippen LogP contribution in [0.1, 0.15) is 12.8 Å². The first-order chi connectivity index (χ1) is 6.92. The van der Waals surface area contributed by atoms with Crippen LogP contribution in [-0.4, -0.2) is 0 Å². The van der Waals surface area contributed by atoms with Gasteiger partial charge in [0.05, 0.1) is 0 Å². The molecular weight excluding hydrogens is 407 g/mol. The van der Waals surface area contributed by atoms with Crippen LogP contribution in [0.4, 0.5) is 0 Å². The van der Waals surface area contributed by atoms with E-state index in [9.17, 15) is 0 Å². The Kier molecular flexibility index (Phi) is 8.90. The van der Waals surface area contributed by atoms with E-state index < -0.39 is 21.8 Å². The number of hydrogen-bond donors (Lipinski definition) is 0. The van der Waals surface area contributed by atoms with E-state index in [0.717, 1.165) is 0 Å². The van der Waals surface area contributed by atoms with E-state index in [1.807, 2.05) is 0 Å². The zero-order valence-corrected chi connectivity index (χ0v) is 15.1. The Morgan fingerprint density at radius 2 is 1.56 bits per heavy atom. The molecule has 0 bridgehead atoms. The molecule has 0 nitrogen and oxygen atoms in total. The third-order valence-electron chi connectivity index (χ3n) is 2.67. The third-order valence-corrected chi connectivity index (χ3v) is 10.0. The number of rotatable bonds is 4. The fourth-order valence-corrected chi connectivity index (χ4v) is 8.22. The van der Waals surface area contributed by atoms with Crippen LogP contribution >= 0.6 is 34.0 Å². The van der Waals surface area contributed by atoms with Crippen LogP contribution in [0.3, 0.4) is 0 Å². The Morgan fingerprint density at radius 1 is 1.06 bits per heavy atom. The van der Waals surface area contributed by atoms with Gasteiger partial charge in [0.25, 0.3) is 0 Å². The maximum absolute atomic E-state index is 3.90. The molecular formula is C13H17Br2Zr. The van der Waals surface area contributed by atoms with Gasteiger partial charge < -0.3 is 0 Å². The van der Waals surface area contributed by atoms with Gasteiger partial charge in [-0.1, -0.05) is 0 Å². The molecule has 0 saturated heterocycles. The summed E-state index contributed by atoms with van der Waals surface area (Å²) in [7, 11) is 0. The molecule has 0 saturated carbocycles. The van der Waals surface area contributed by atoms with Crippen LogP contribution < -0.4 is 0 Å². The first-order valence-electron chi connectivity index (χ1n) is 5.10. The summed E-state index contributed by atoms with van der Waals surface area (Å²) >= 11 is -1.46. The first-order valence-corrected chi connectivity index (χ1v) is 9.30. The monoisotopic (exact) mass is 421 g/mol. The summed E-state index contributed by atoms with van der Waals surface area (Å²) in [4.78, 5) is 0. The molecule has 0 radical (unpaired) electrons. The van der Waals surface area contributed by atoms with Crippen molar-refractivity contribution in [2.24, 2.45) is 0 Å². The predicted molar refractivity (Wildman–Crippen MR) is 79.3 cm³/mol. The number of allylic oxidation sites excluding steroid dienone is 9. The van der Waals surface area contributed by atoms with Crippen molar-refractivity contribution < 1.29 is 21.8 Å². The fourth-order valence-electron chi connectivity index (χ4n) is 1.95. The van der Waals surface area contributed by atoms with Gasteiger partial charge in [-0.25, -0.2) is 0 Å². The summed E-state index contributed by atoms with van der Waals surface area (Å²) in [6.07, 6.45) is 18.2. The van der Waals surface area contributed by atoms with Crippen molar-refractivity contribution in [3.8, 4) is 0 Å². The van der Waals surface area contributed by atoms with Gasteiger partial charge in [0.2, 0.25) is 0 Å². The average Bonchev–Trinajstić information content (AvgIpc) is 2.87. The minimum atomic E-state index is -1.46. The zero-order valence-electron chi connectivity index (χ0n) is 9.19. The predicted octanol–water partition coefficient (Wildman–Crippen LogP) is 5.05. The van der Waals surface area contributed by atoms with Crippen molar-refractivity contribution in [3.05, 3.63) is 55.7 Å². The van der Waals surface area contributed by atoms with Gasteiger partial charge in [0.15, 0.2) is 0 Å². The van der Waals surface area contributed by atoms with E-state index >= 15 is 0 Å². The SMILES string of the molecule is Br.Br.C=C[CH2][Zr]([C]1=CC=CC1)[C]1=CC=CC1. The molecule has 0 N–H and O–H groups in total. The van der Waals surface area contributed by atoms with Gasteiger partial charge in [-0.3, -0.25) is 0 Å². The van der Waals surface area contributed by atoms with Gasteiger partial charge in [0.1, 0.15) is 0 Å². The Labute approximate surface area is 127 Å². The van der Waals surface area contributed by atoms with E-state index in [0.29, 0.717) is 0 Å². The van der Waals surface area contributed by atoms with Gasteiger partial charge >= 0.3 is 94.4 Å². The Hall–Kier alpha value is 0.543. The summed E-state index contributed by atoms with van der Waals surface area (Å²) in [5.41, 5.74) is 0. The molecule has 0 fully saturated rings. The van der Waals surface area contributed by atoms with E-state index in [1.165, 1.54) is 17.0 Å². The molecule has 0 heterocycles. The summed E-state index contributed by atoms with van der Waals surface area (Å²) < 4.78 is 4.74. The molecule has 87 valence electrons. The van der Waals surface area contributed by atoms with E-state index in [1.54, 1.807) is 6.56 Å². The molecule has 0 atom stereocenters. The van der Waals surface area contributed by atoms with Crippen LogP contribution in [0.15, 0.2) is 55.7 Å². The van der Waals surface area contributed by atoms with Crippen molar-refractivity contribution in [3.63, 3.8) is 0 Å². The van der Waals surface area contributed by atoms with Crippen molar-refractivity contribution >= 4 is 34.0 Å².